The first kappa shape index (κ1) is 15.9. The fourth-order valence-corrected chi connectivity index (χ4v) is 2.59. The number of amides is 1. The molecule has 0 radical (unpaired) electrons. The molecular weight excluding hydrogens is 296 g/mol. The molecule has 0 spiro atoms. The highest BCUT2D eigenvalue weighted by molar-refractivity contribution is 9.09. The highest BCUT2D eigenvalue weighted by Gasteiger charge is 2.18. The molecule has 1 rings (SSSR count). The van der Waals surface area contributed by atoms with Crippen LogP contribution in [0.15, 0.2) is 0 Å². The highest BCUT2D eigenvalue weighted by atomic mass is 79.9. The van der Waals surface area contributed by atoms with Crippen molar-refractivity contribution in [1.82, 2.24) is 9.80 Å². The topological polar surface area (TPSA) is 32.8 Å². The van der Waals surface area contributed by atoms with Gasteiger partial charge in [-0.25, -0.2) is 0 Å². The first-order chi connectivity index (χ1) is 8.77. The Morgan fingerprint density at radius 1 is 1.22 bits per heavy atom. The first-order valence-corrected chi connectivity index (χ1v) is 7.95. The molecule has 0 aromatic carbocycles. The lowest BCUT2D eigenvalue weighted by atomic mass is 10.2. The Kier molecular flexibility index (Phi) is 8.63. The molecule has 1 heterocycles. The zero-order valence-corrected chi connectivity index (χ0v) is 13.0. The average molecular weight is 321 g/mol. The van der Waals surface area contributed by atoms with Crippen LogP contribution in [0.3, 0.4) is 0 Å². The standard InChI is InChI=1S/C13H25BrN2O2/c1-18-12-11-15-7-4-8-16(10-9-15)13(17)5-2-3-6-14/h2-12H2,1H3. The second-order valence-electron chi connectivity index (χ2n) is 4.71. The van der Waals surface area contributed by atoms with Crippen molar-refractivity contribution in [2.24, 2.45) is 0 Å². The van der Waals surface area contributed by atoms with E-state index in [0.29, 0.717) is 12.3 Å². The van der Waals surface area contributed by atoms with Crippen molar-refractivity contribution in [3.63, 3.8) is 0 Å². The smallest absolute Gasteiger partial charge is 0.222 e. The van der Waals surface area contributed by atoms with Gasteiger partial charge in [0.15, 0.2) is 0 Å². The van der Waals surface area contributed by atoms with Crippen LogP contribution in [0.5, 0.6) is 0 Å². The predicted molar refractivity (Wildman–Crippen MR) is 77.2 cm³/mol. The summed E-state index contributed by atoms with van der Waals surface area (Å²) in [6.45, 7) is 5.59. The van der Waals surface area contributed by atoms with Gasteiger partial charge in [0.25, 0.3) is 0 Å². The molecule has 1 saturated heterocycles. The number of nitrogens with zero attached hydrogens (tertiary/aromatic N) is 2. The van der Waals surface area contributed by atoms with Gasteiger partial charge in [-0.05, 0) is 25.8 Å². The minimum Gasteiger partial charge on any atom is -0.383 e. The monoisotopic (exact) mass is 320 g/mol. The summed E-state index contributed by atoms with van der Waals surface area (Å²) in [5.41, 5.74) is 0. The maximum Gasteiger partial charge on any atom is 0.222 e. The van der Waals surface area contributed by atoms with Crippen molar-refractivity contribution in [1.29, 1.82) is 0 Å². The quantitative estimate of drug-likeness (QED) is 0.529. The maximum atomic E-state index is 12.0. The molecule has 0 bridgehead atoms. The van der Waals surface area contributed by atoms with E-state index in [4.69, 9.17) is 4.74 Å². The minimum atomic E-state index is 0.324. The fraction of sp³-hybridized carbons (Fsp3) is 0.923. The third-order valence-electron chi connectivity index (χ3n) is 3.33. The molecule has 0 aromatic rings. The van der Waals surface area contributed by atoms with Gasteiger partial charge in [-0.2, -0.15) is 0 Å². The molecule has 0 saturated carbocycles. The van der Waals surface area contributed by atoms with E-state index >= 15 is 0 Å². The Balaban J connectivity index is 2.25. The third kappa shape index (κ3) is 6.16. The molecular formula is C13H25BrN2O2. The van der Waals surface area contributed by atoms with Gasteiger partial charge in [0, 0.05) is 45.0 Å². The summed E-state index contributed by atoms with van der Waals surface area (Å²) in [4.78, 5) is 16.4. The van der Waals surface area contributed by atoms with E-state index in [1.54, 1.807) is 7.11 Å². The maximum absolute atomic E-state index is 12.0. The predicted octanol–water partition coefficient (Wildman–Crippen LogP) is 1.73. The molecule has 1 aliphatic heterocycles. The fourth-order valence-electron chi connectivity index (χ4n) is 2.19. The van der Waals surface area contributed by atoms with E-state index in [9.17, 15) is 4.79 Å². The molecule has 0 N–H and O–H groups in total. The summed E-state index contributed by atoms with van der Waals surface area (Å²) >= 11 is 3.40. The summed E-state index contributed by atoms with van der Waals surface area (Å²) in [5, 5.41) is 0.991. The summed E-state index contributed by atoms with van der Waals surface area (Å²) in [7, 11) is 1.73. The number of hydrogen-bond donors (Lipinski definition) is 0. The minimum absolute atomic E-state index is 0.324. The van der Waals surface area contributed by atoms with E-state index in [1.165, 1.54) is 0 Å². The largest absolute Gasteiger partial charge is 0.383 e. The SMILES string of the molecule is COCCN1CCCN(C(=O)CCCCBr)CC1. The van der Waals surface area contributed by atoms with Crippen LogP contribution in [0.1, 0.15) is 25.7 Å². The summed E-state index contributed by atoms with van der Waals surface area (Å²) in [6, 6.07) is 0. The molecule has 106 valence electrons. The van der Waals surface area contributed by atoms with Gasteiger partial charge in [0.05, 0.1) is 6.61 Å². The Hall–Kier alpha value is -0.130. The lowest BCUT2D eigenvalue weighted by Gasteiger charge is -2.21. The molecule has 1 fully saturated rings. The second-order valence-corrected chi connectivity index (χ2v) is 5.51. The zero-order chi connectivity index (χ0) is 13.2. The van der Waals surface area contributed by atoms with E-state index in [2.05, 4.69) is 20.8 Å². The third-order valence-corrected chi connectivity index (χ3v) is 3.89. The zero-order valence-electron chi connectivity index (χ0n) is 11.4. The Morgan fingerprint density at radius 2 is 2.06 bits per heavy atom. The lowest BCUT2D eigenvalue weighted by Crippen LogP contribution is -2.35. The van der Waals surface area contributed by atoms with Crippen LogP contribution in [0.4, 0.5) is 0 Å². The van der Waals surface area contributed by atoms with E-state index in [1.807, 2.05) is 4.90 Å². The number of methoxy groups -OCH3 is 1. The molecule has 0 aromatic heterocycles. The van der Waals surface area contributed by atoms with Crippen molar-refractivity contribution >= 4 is 21.8 Å². The van der Waals surface area contributed by atoms with Gasteiger partial charge in [-0.15, -0.1) is 0 Å². The van der Waals surface area contributed by atoms with Gasteiger partial charge >= 0.3 is 0 Å². The molecule has 4 nitrogen and oxygen atoms in total. The Bertz CT molecular complexity index is 239. The number of alkyl halides is 1. The van der Waals surface area contributed by atoms with Crippen LogP contribution >= 0.6 is 15.9 Å². The van der Waals surface area contributed by atoms with Crippen molar-refractivity contribution in [2.75, 3.05) is 51.8 Å². The number of rotatable bonds is 7. The Morgan fingerprint density at radius 3 is 2.78 bits per heavy atom. The molecule has 1 amide bonds. The van der Waals surface area contributed by atoms with Crippen LogP contribution < -0.4 is 0 Å². The van der Waals surface area contributed by atoms with Crippen LogP contribution in [-0.4, -0.2) is 67.5 Å². The van der Waals surface area contributed by atoms with Crippen LogP contribution in [0, 0.1) is 0 Å². The number of unbranched alkanes of at least 4 members (excludes halogenated alkanes) is 1. The molecule has 0 atom stereocenters. The van der Waals surface area contributed by atoms with E-state index in [-0.39, 0.29) is 0 Å². The van der Waals surface area contributed by atoms with Gasteiger partial charge < -0.3 is 9.64 Å². The Labute approximate surface area is 119 Å². The van der Waals surface area contributed by atoms with Crippen LogP contribution in [0.2, 0.25) is 0 Å². The average Bonchev–Trinajstić information content (AvgIpc) is 2.62. The first-order valence-electron chi connectivity index (χ1n) is 6.83. The highest BCUT2D eigenvalue weighted by Crippen LogP contribution is 2.07. The summed E-state index contributed by atoms with van der Waals surface area (Å²) < 4.78 is 5.10. The molecule has 0 unspecified atom stereocenters. The van der Waals surface area contributed by atoms with Crippen molar-refractivity contribution in [3.8, 4) is 0 Å². The summed E-state index contributed by atoms with van der Waals surface area (Å²) in [5.74, 6) is 0.324. The normalized spacial score (nSPS) is 17.8. The number of ether oxygens (including phenoxy) is 1. The van der Waals surface area contributed by atoms with Gasteiger partial charge in [0.2, 0.25) is 5.91 Å². The molecule has 1 aliphatic rings. The number of carbonyl (C=O) groups excluding carboxylic acids is 1. The van der Waals surface area contributed by atoms with Crippen molar-refractivity contribution in [2.45, 2.75) is 25.7 Å². The van der Waals surface area contributed by atoms with Crippen LogP contribution in [0.25, 0.3) is 0 Å². The van der Waals surface area contributed by atoms with Crippen molar-refractivity contribution < 1.29 is 9.53 Å². The number of carbonyl (C=O) groups is 1. The molecule has 18 heavy (non-hydrogen) atoms. The van der Waals surface area contributed by atoms with Gasteiger partial charge in [0.1, 0.15) is 0 Å². The molecule has 5 heteroatoms. The number of halogens is 1. The second kappa shape index (κ2) is 9.75. The summed E-state index contributed by atoms with van der Waals surface area (Å²) in [6.07, 6.45) is 3.85. The van der Waals surface area contributed by atoms with E-state index in [0.717, 1.165) is 63.9 Å². The lowest BCUT2D eigenvalue weighted by molar-refractivity contribution is -0.131. The number of hydrogen-bond acceptors (Lipinski definition) is 3. The van der Waals surface area contributed by atoms with Gasteiger partial charge in [-0.1, -0.05) is 15.9 Å². The van der Waals surface area contributed by atoms with Crippen LogP contribution in [-0.2, 0) is 9.53 Å². The van der Waals surface area contributed by atoms with Gasteiger partial charge in [-0.3, -0.25) is 9.69 Å². The van der Waals surface area contributed by atoms with Crippen molar-refractivity contribution in [3.05, 3.63) is 0 Å². The van der Waals surface area contributed by atoms with E-state index < -0.39 is 0 Å². The molecule has 0 aliphatic carbocycles.